The minimum absolute atomic E-state index is 0.0480. The highest BCUT2D eigenvalue weighted by Gasteiger charge is 2.35. The summed E-state index contributed by atoms with van der Waals surface area (Å²) in [6, 6.07) is 10.8. The van der Waals surface area contributed by atoms with Gasteiger partial charge in [0, 0.05) is 19.0 Å². The predicted octanol–water partition coefficient (Wildman–Crippen LogP) is 3.37. The molecule has 202 valence electrons. The van der Waals surface area contributed by atoms with Gasteiger partial charge in [-0.1, -0.05) is 43.3 Å². The number of nitrogens with zero attached hydrogens (tertiary/aromatic N) is 4. The monoisotopic (exact) mass is 540 g/mol. The van der Waals surface area contributed by atoms with Crippen LogP contribution in [0.2, 0.25) is 0 Å². The number of rotatable bonds is 11. The van der Waals surface area contributed by atoms with E-state index in [0.29, 0.717) is 49.3 Å². The van der Waals surface area contributed by atoms with E-state index in [-0.39, 0.29) is 35.9 Å². The van der Waals surface area contributed by atoms with E-state index in [1.165, 1.54) is 6.08 Å². The molecular weight excluding hydrogens is 508 g/mol. The number of hydrogen-bond acceptors (Lipinski definition) is 8. The molecule has 10 nitrogen and oxygen atoms in total. The standard InChI is InChI=1S/C27H32N4O6S/c1-4-14-31(38(35,36)18-19-10-8-7-9-11-19)26(32)20-12-15-30(16-13-20)24-22(17-28)21(5-2)23(27(33)34)25(29-24)37-6-3/h4,7-11,20H,1,5-6,12-16,18H2,2-3H3,(H,33,34). The lowest BCUT2D eigenvalue weighted by Crippen LogP contribution is -2.45. The average molecular weight is 541 g/mol. The van der Waals surface area contributed by atoms with Gasteiger partial charge in [-0.2, -0.15) is 10.2 Å². The quantitative estimate of drug-likeness (QED) is 0.425. The Kier molecular flexibility index (Phi) is 9.47. The van der Waals surface area contributed by atoms with Gasteiger partial charge in [0.1, 0.15) is 11.6 Å². The van der Waals surface area contributed by atoms with Crippen LogP contribution in [0.3, 0.4) is 0 Å². The fraction of sp³-hybridized carbons (Fsp3) is 0.407. The number of hydrogen-bond donors (Lipinski definition) is 1. The smallest absolute Gasteiger partial charge is 0.341 e. The number of carboxylic acid groups (broad SMARTS) is 1. The molecule has 1 aromatic carbocycles. The van der Waals surface area contributed by atoms with Crippen LogP contribution in [0.25, 0.3) is 0 Å². The van der Waals surface area contributed by atoms with Crippen LogP contribution in [-0.2, 0) is 27.0 Å². The number of piperidine rings is 1. The lowest BCUT2D eigenvalue weighted by atomic mass is 9.94. The zero-order chi connectivity index (χ0) is 27.9. The summed E-state index contributed by atoms with van der Waals surface area (Å²) in [5, 5.41) is 19.6. The van der Waals surface area contributed by atoms with Crippen LogP contribution in [0.5, 0.6) is 5.88 Å². The predicted molar refractivity (Wildman–Crippen MR) is 142 cm³/mol. The molecule has 0 unspecified atom stereocenters. The second-order valence-electron chi connectivity index (χ2n) is 8.83. The first-order valence-electron chi connectivity index (χ1n) is 12.4. The van der Waals surface area contributed by atoms with Crippen LogP contribution in [-0.4, -0.2) is 60.9 Å². The molecule has 3 rings (SSSR count). The van der Waals surface area contributed by atoms with E-state index >= 15 is 0 Å². The van der Waals surface area contributed by atoms with Crippen LogP contribution in [0.4, 0.5) is 5.82 Å². The topological polar surface area (TPSA) is 141 Å². The second-order valence-corrected chi connectivity index (χ2v) is 10.7. The molecule has 1 saturated heterocycles. The molecule has 1 amide bonds. The van der Waals surface area contributed by atoms with Crippen LogP contribution >= 0.6 is 0 Å². The minimum Gasteiger partial charge on any atom is -0.477 e. The van der Waals surface area contributed by atoms with Crippen molar-refractivity contribution in [3.8, 4) is 11.9 Å². The Morgan fingerprint density at radius 2 is 1.92 bits per heavy atom. The number of aromatic nitrogens is 1. The molecule has 1 fully saturated rings. The Hall–Kier alpha value is -3.91. The lowest BCUT2D eigenvalue weighted by Gasteiger charge is -2.35. The van der Waals surface area contributed by atoms with Crippen molar-refractivity contribution in [2.24, 2.45) is 5.92 Å². The van der Waals surface area contributed by atoms with Crippen molar-refractivity contribution < 1.29 is 27.9 Å². The third-order valence-electron chi connectivity index (χ3n) is 6.42. The van der Waals surface area contributed by atoms with Crippen molar-refractivity contribution in [3.63, 3.8) is 0 Å². The fourth-order valence-electron chi connectivity index (χ4n) is 4.62. The van der Waals surface area contributed by atoms with E-state index < -0.39 is 27.8 Å². The number of aromatic carboxylic acids is 1. The molecule has 1 aliphatic heterocycles. The van der Waals surface area contributed by atoms with Crippen molar-refractivity contribution in [3.05, 3.63) is 65.2 Å². The van der Waals surface area contributed by atoms with E-state index in [0.717, 1.165) is 4.31 Å². The molecule has 38 heavy (non-hydrogen) atoms. The van der Waals surface area contributed by atoms with E-state index in [9.17, 15) is 28.4 Å². The van der Waals surface area contributed by atoms with Gasteiger partial charge < -0.3 is 14.7 Å². The lowest BCUT2D eigenvalue weighted by molar-refractivity contribution is -0.130. The number of amides is 1. The van der Waals surface area contributed by atoms with Gasteiger partial charge >= 0.3 is 5.97 Å². The van der Waals surface area contributed by atoms with Gasteiger partial charge in [-0.15, -0.1) is 6.58 Å². The molecule has 0 aliphatic carbocycles. The van der Waals surface area contributed by atoms with Crippen molar-refractivity contribution in [2.45, 2.75) is 38.9 Å². The molecular formula is C27H32N4O6S. The Bertz CT molecular complexity index is 1330. The number of nitriles is 1. The maximum atomic E-state index is 13.4. The fourth-order valence-corrected chi connectivity index (χ4v) is 6.15. The average Bonchev–Trinajstić information content (AvgIpc) is 2.90. The third kappa shape index (κ3) is 6.14. The molecule has 1 N–H and O–H groups in total. The highest BCUT2D eigenvalue weighted by molar-refractivity contribution is 7.88. The Morgan fingerprint density at radius 3 is 2.45 bits per heavy atom. The van der Waals surface area contributed by atoms with E-state index in [1.807, 2.05) is 4.90 Å². The first kappa shape index (κ1) is 28.7. The van der Waals surface area contributed by atoms with Gasteiger partial charge in [0.05, 0.1) is 24.5 Å². The molecule has 1 aliphatic rings. The van der Waals surface area contributed by atoms with Gasteiger partial charge in [-0.25, -0.2) is 17.5 Å². The molecule has 2 aromatic rings. The van der Waals surface area contributed by atoms with Crippen molar-refractivity contribution in [1.29, 1.82) is 5.26 Å². The van der Waals surface area contributed by atoms with Crippen molar-refractivity contribution in [2.75, 3.05) is 31.1 Å². The van der Waals surface area contributed by atoms with Gasteiger partial charge in [0.25, 0.3) is 0 Å². The molecule has 2 heterocycles. The summed E-state index contributed by atoms with van der Waals surface area (Å²) >= 11 is 0. The summed E-state index contributed by atoms with van der Waals surface area (Å²) in [4.78, 5) is 31.5. The summed E-state index contributed by atoms with van der Waals surface area (Å²) in [5.41, 5.74) is 0.969. The Balaban J connectivity index is 1.84. The highest BCUT2D eigenvalue weighted by Crippen LogP contribution is 2.34. The first-order valence-corrected chi connectivity index (χ1v) is 14.1. The number of ether oxygens (including phenoxy) is 1. The SMILES string of the molecule is C=CCN(C(=O)C1CCN(c2nc(OCC)c(C(=O)O)c(CC)c2C#N)CC1)S(=O)(=O)Cc1ccccc1. The summed E-state index contributed by atoms with van der Waals surface area (Å²) in [6.45, 7) is 7.84. The Labute approximate surface area is 223 Å². The summed E-state index contributed by atoms with van der Waals surface area (Å²) in [7, 11) is -3.92. The van der Waals surface area contributed by atoms with Crippen molar-refractivity contribution >= 4 is 27.7 Å². The Morgan fingerprint density at radius 1 is 1.26 bits per heavy atom. The molecule has 0 saturated carbocycles. The number of carboxylic acids is 1. The number of carbonyl (C=O) groups is 2. The zero-order valence-electron chi connectivity index (χ0n) is 21.6. The molecule has 0 spiro atoms. The van der Waals surface area contributed by atoms with Crippen LogP contribution in [0, 0.1) is 17.2 Å². The highest BCUT2D eigenvalue weighted by atomic mass is 32.2. The number of sulfonamides is 1. The van der Waals surface area contributed by atoms with Crippen LogP contribution in [0.1, 0.15) is 53.7 Å². The largest absolute Gasteiger partial charge is 0.477 e. The van der Waals surface area contributed by atoms with E-state index in [2.05, 4.69) is 17.6 Å². The molecule has 11 heteroatoms. The molecule has 0 radical (unpaired) electrons. The zero-order valence-corrected chi connectivity index (χ0v) is 22.4. The number of benzene rings is 1. The normalized spacial score (nSPS) is 14.0. The molecule has 0 bridgehead atoms. The van der Waals surface area contributed by atoms with E-state index in [1.54, 1.807) is 44.2 Å². The first-order chi connectivity index (χ1) is 18.2. The summed E-state index contributed by atoms with van der Waals surface area (Å²) in [6.07, 6.45) is 2.37. The van der Waals surface area contributed by atoms with Crippen LogP contribution < -0.4 is 9.64 Å². The maximum absolute atomic E-state index is 13.4. The minimum atomic E-state index is -3.92. The summed E-state index contributed by atoms with van der Waals surface area (Å²) in [5.74, 6) is -2.28. The van der Waals surface area contributed by atoms with E-state index in [4.69, 9.17) is 4.74 Å². The van der Waals surface area contributed by atoms with Gasteiger partial charge in [0.15, 0.2) is 5.82 Å². The second kappa shape index (κ2) is 12.6. The van der Waals surface area contributed by atoms with Gasteiger partial charge in [-0.05, 0) is 37.3 Å². The number of pyridine rings is 1. The molecule has 0 atom stereocenters. The van der Waals surface area contributed by atoms with Gasteiger partial charge in [-0.3, -0.25) is 4.79 Å². The number of anilines is 1. The number of carbonyl (C=O) groups excluding carboxylic acids is 1. The maximum Gasteiger partial charge on any atom is 0.341 e. The van der Waals surface area contributed by atoms with Gasteiger partial charge in [0.2, 0.25) is 21.8 Å². The summed E-state index contributed by atoms with van der Waals surface area (Å²) < 4.78 is 32.7. The van der Waals surface area contributed by atoms with Crippen molar-refractivity contribution in [1.82, 2.24) is 9.29 Å². The third-order valence-corrected chi connectivity index (χ3v) is 8.12. The van der Waals surface area contributed by atoms with Crippen LogP contribution in [0.15, 0.2) is 43.0 Å². The molecule has 1 aromatic heterocycles.